The van der Waals surface area contributed by atoms with Gasteiger partial charge in [0.1, 0.15) is 30.1 Å². The van der Waals surface area contributed by atoms with Crippen LogP contribution in [0, 0.1) is 5.92 Å². The van der Waals surface area contributed by atoms with Gasteiger partial charge in [-0.3, -0.25) is 19.3 Å². The van der Waals surface area contributed by atoms with E-state index in [1.54, 1.807) is 61.5 Å². The number of amides is 1. The van der Waals surface area contributed by atoms with Crippen molar-refractivity contribution in [2.75, 3.05) is 18.5 Å². The first-order valence-electron chi connectivity index (χ1n) is 15.3. The van der Waals surface area contributed by atoms with Gasteiger partial charge in [-0.1, -0.05) is 97.1 Å². The van der Waals surface area contributed by atoms with Crippen molar-refractivity contribution >= 4 is 29.5 Å². The van der Waals surface area contributed by atoms with Crippen LogP contribution < -0.4 is 5.32 Å². The Kier molecular flexibility index (Phi) is 7.62. The average Bonchev–Trinajstić information content (AvgIpc) is 3.56. The Morgan fingerprint density at radius 2 is 1.39 bits per heavy atom. The second-order valence-electron chi connectivity index (χ2n) is 11.6. The number of morpholine rings is 1. The van der Waals surface area contributed by atoms with E-state index in [4.69, 9.17) is 14.2 Å². The van der Waals surface area contributed by atoms with Gasteiger partial charge in [-0.25, -0.2) is 4.79 Å². The third kappa shape index (κ3) is 4.58. The number of anilines is 1. The summed E-state index contributed by atoms with van der Waals surface area (Å²) < 4.78 is 17.9. The summed E-state index contributed by atoms with van der Waals surface area (Å²) in [4.78, 5) is 58.2. The van der Waals surface area contributed by atoms with Crippen LogP contribution in [0.25, 0.3) is 0 Å². The number of hydrogen-bond acceptors (Lipinski definition) is 8. The minimum atomic E-state index is -1.65. The van der Waals surface area contributed by atoms with Gasteiger partial charge in [-0.2, -0.15) is 0 Å². The minimum Gasteiger partial charge on any atom is -0.466 e. The summed E-state index contributed by atoms with van der Waals surface area (Å²) >= 11 is 0. The lowest BCUT2D eigenvalue weighted by Crippen LogP contribution is -2.55. The molecule has 1 spiro atoms. The van der Waals surface area contributed by atoms with E-state index in [-0.39, 0.29) is 13.2 Å². The van der Waals surface area contributed by atoms with Crippen LogP contribution in [0.3, 0.4) is 0 Å². The summed E-state index contributed by atoms with van der Waals surface area (Å²) in [5, 5.41) is 2.96. The van der Waals surface area contributed by atoms with Crippen LogP contribution in [-0.4, -0.2) is 54.0 Å². The molecule has 3 aliphatic heterocycles. The van der Waals surface area contributed by atoms with E-state index >= 15 is 0 Å². The van der Waals surface area contributed by atoms with Gasteiger partial charge in [0.15, 0.2) is 0 Å². The maximum absolute atomic E-state index is 14.5. The monoisotopic (exact) mass is 616 g/mol. The maximum Gasteiger partial charge on any atom is 0.338 e. The fraction of sp³-hybridized carbons (Fsp3) is 0.243. The molecule has 0 saturated carbocycles. The Labute approximate surface area is 266 Å². The molecule has 3 heterocycles. The van der Waals surface area contributed by atoms with Crippen LogP contribution in [0.5, 0.6) is 0 Å². The molecule has 0 bridgehead atoms. The van der Waals surface area contributed by atoms with Crippen molar-refractivity contribution in [1.82, 2.24) is 4.90 Å². The number of nitrogens with one attached hydrogen (secondary N) is 1. The van der Waals surface area contributed by atoms with E-state index in [0.717, 1.165) is 11.1 Å². The number of ether oxygens (including phenoxy) is 3. The highest BCUT2D eigenvalue weighted by molar-refractivity contribution is 6.11. The lowest BCUT2D eigenvalue weighted by atomic mass is 9.67. The first-order valence-corrected chi connectivity index (χ1v) is 15.3. The van der Waals surface area contributed by atoms with Crippen LogP contribution in [-0.2, 0) is 34.0 Å². The van der Waals surface area contributed by atoms with Gasteiger partial charge in [0.2, 0.25) is 5.91 Å². The third-order valence-corrected chi connectivity index (χ3v) is 9.29. The van der Waals surface area contributed by atoms with Crippen LogP contribution >= 0.6 is 0 Å². The fourth-order valence-electron chi connectivity index (χ4n) is 7.50. The largest absolute Gasteiger partial charge is 0.466 e. The van der Waals surface area contributed by atoms with Crippen molar-refractivity contribution < 1.29 is 33.4 Å². The molecule has 4 aromatic carbocycles. The molecule has 0 aromatic heterocycles. The van der Waals surface area contributed by atoms with Gasteiger partial charge in [0, 0.05) is 5.69 Å². The highest BCUT2D eigenvalue weighted by Crippen LogP contribution is 2.59. The highest BCUT2D eigenvalue weighted by atomic mass is 16.6. The number of rotatable bonds is 7. The number of hydrogen-bond donors (Lipinski definition) is 1. The van der Waals surface area contributed by atoms with Crippen LogP contribution in [0.4, 0.5) is 5.69 Å². The molecule has 0 unspecified atom stereocenters. The standard InChI is InChI=1S/C37H32N2O7/c1-2-44-34(41)29-31-35(42)46-32(24-16-8-4-9-17-24)30(23-14-6-3-7-15-23)39(31)28(22-45-33(40)25-18-10-5-11-19-25)37(29)26-20-12-13-21-27(26)38-36(37)43/h3-21,28-32H,2,22H2,1H3,(H,38,43)/t28-,29+,30+,31+,32-,37-/m0/s1. The molecule has 9 nitrogen and oxygen atoms in total. The third-order valence-electron chi connectivity index (χ3n) is 9.29. The first-order chi connectivity index (χ1) is 22.5. The molecular weight excluding hydrogens is 584 g/mol. The number of fused-ring (bicyclic) bond motifs is 3. The molecule has 1 N–H and O–H groups in total. The molecule has 0 aliphatic carbocycles. The number of cyclic esters (lactones) is 1. The zero-order valence-electron chi connectivity index (χ0n) is 25.1. The number of benzene rings is 4. The van der Waals surface area contributed by atoms with Crippen molar-refractivity contribution in [2.45, 2.75) is 36.6 Å². The number of carbonyl (C=O) groups is 4. The van der Waals surface area contributed by atoms with Crippen molar-refractivity contribution in [3.63, 3.8) is 0 Å². The second kappa shape index (κ2) is 11.9. The number of esters is 3. The molecule has 7 rings (SSSR count). The van der Waals surface area contributed by atoms with E-state index in [0.29, 0.717) is 16.8 Å². The van der Waals surface area contributed by atoms with Crippen molar-refractivity contribution in [3.8, 4) is 0 Å². The maximum atomic E-state index is 14.5. The van der Waals surface area contributed by atoms with E-state index in [9.17, 15) is 19.2 Å². The van der Waals surface area contributed by atoms with E-state index in [1.807, 2.05) is 65.6 Å². The highest BCUT2D eigenvalue weighted by Gasteiger charge is 2.74. The summed E-state index contributed by atoms with van der Waals surface area (Å²) in [6.07, 6.45) is -0.794. The molecule has 2 fully saturated rings. The predicted octanol–water partition coefficient (Wildman–Crippen LogP) is 5.01. The van der Waals surface area contributed by atoms with Crippen molar-refractivity contribution in [3.05, 3.63) is 138 Å². The normalized spacial score (nSPS) is 26.5. The lowest BCUT2D eigenvalue weighted by molar-refractivity contribution is -0.181. The Balaban J connectivity index is 1.46. The van der Waals surface area contributed by atoms with E-state index < -0.39 is 59.4 Å². The van der Waals surface area contributed by atoms with E-state index in [2.05, 4.69) is 5.32 Å². The van der Waals surface area contributed by atoms with Crippen LogP contribution in [0.2, 0.25) is 0 Å². The summed E-state index contributed by atoms with van der Waals surface area (Å²) in [6, 6.07) is 31.7. The van der Waals surface area contributed by atoms with Crippen molar-refractivity contribution in [2.24, 2.45) is 5.92 Å². The van der Waals surface area contributed by atoms with E-state index in [1.165, 1.54) is 0 Å². The van der Waals surface area contributed by atoms with Gasteiger partial charge in [0.25, 0.3) is 0 Å². The van der Waals surface area contributed by atoms with Gasteiger partial charge in [-0.05, 0) is 41.8 Å². The summed E-state index contributed by atoms with van der Waals surface area (Å²) in [7, 11) is 0. The SMILES string of the molecule is CCOC(=O)[C@H]1[C@@H]2C(=O)O[C@@H](c3ccccc3)[C@@H](c3ccccc3)N2[C@@H](COC(=O)c2ccccc2)[C@]12C(=O)Nc1ccccc12. The van der Waals surface area contributed by atoms with Gasteiger partial charge in [-0.15, -0.1) is 0 Å². The Morgan fingerprint density at radius 3 is 2.07 bits per heavy atom. The number of nitrogens with zero attached hydrogens (tertiary/aromatic N) is 1. The topological polar surface area (TPSA) is 111 Å². The molecule has 4 aromatic rings. The molecule has 2 saturated heterocycles. The Morgan fingerprint density at radius 1 is 0.783 bits per heavy atom. The Bertz CT molecular complexity index is 1780. The molecule has 3 aliphatic rings. The number of carbonyl (C=O) groups excluding carboxylic acids is 4. The molecule has 232 valence electrons. The van der Waals surface area contributed by atoms with Gasteiger partial charge < -0.3 is 19.5 Å². The molecule has 9 heteroatoms. The number of para-hydroxylation sites is 1. The molecule has 1 amide bonds. The average molecular weight is 617 g/mol. The predicted molar refractivity (Wildman–Crippen MR) is 167 cm³/mol. The zero-order chi connectivity index (χ0) is 31.8. The second-order valence-corrected chi connectivity index (χ2v) is 11.6. The summed E-state index contributed by atoms with van der Waals surface area (Å²) in [5.74, 6) is -3.73. The first kappa shape index (κ1) is 29.4. The fourth-order valence-corrected chi connectivity index (χ4v) is 7.50. The minimum absolute atomic E-state index is 0.0405. The molecule has 6 atom stereocenters. The van der Waals surface area contributed by atoms with Crippen LogP contribution in [0.15, 0.2) is 115 Å². The summed E-state index contributed by atoms with van der Waals surface area (Å²) in [6.45, 7) is 1.43. The smallest absolute Gasteiger partial charge is 0.338 e. The molecular formula is C37H32N2O7. The molecule has 0 radical (unpaired) electrons. The van der Waals surface area contributed by atoms with Crippen LogP contribution in [0.1, 0.15) is 46.1 Å². The summed E-state index contributed by atoms with van der Waals surface area (Å²) in [5.41, 5.74) is 1.29. The van der Waals surface area contributed by atoms with Crippen molar-refractivity contribution in [1.29, 1.82) is 0 Å². The Hall–Kier alpha value is -5.28. The quantitative estimate of drug-likeness (QED) is 0.228. The van der Waals surface area contributed by atoms with Gasteiger partial charge >= 0.3 is 17.9 Å². The molecule has 46 heavy (non-hydrogen) atoms. The zero-order valence-corrected chi connectivity index (χ0v) is 25.1. The lowest BCUT2D eigenvalue weighted by Gasteiger charge is -2.45. The van der Waals surface area contributed by atoms with Gasteiger partial charge in [0.05, 0.1) is 24.3 Å².